The van der Waals surface area contributed by atoms with Crippen LogP contribution < -0.4 is 10.5 Å². The molecule has 0 bridgehead atoms. The Bertz CT molecular complexity index is 551. The molecule has 2 aromatic rings. The van der Waals surface area contributed by atoms with E-state index in [-0.39, 0.29) is 0 Å². The van der Waals surface area contributed by atoms with Gasteiger partial charge in [0.05, 0.1) is 19.9 Å². The SMILES string of the molecule is COc1ccc(Cn2ncc(C#N)c2N)cc1. The van der Waals surface area contributed by atoms with Gasteiger partial charge in [0.1, 0.15) is 23.2 Å². The molecule has 0 amide bonds. The van der Waals surface area contributed by atoms with Gasteiger partial charge in [0.25, 0.3) is 0 Å². The molecular weight excluding hydrogens is 216 g/mol. The first-order chi connectivity index (χ1) is 8.24. The van der Waals surface area contributed by atoms with E-state index in [1.54, 1.807) is 11.8 Å². The molecule has 0 unspecified atom stereocenters. The van der Waals surface area contributed by atoms with Crippen molar-refractivity contribution in [2.75, 3.05) is 12.8 Å². The summed E-state index contributed by atoms with van der Waals surface area (Å²) < 4.78 is 6.67. The summed E-state index contributed by atoms with van der Waals surface area (Å²) >= 11 is 0. The third-order valence-electron chi connectivity index (χ3n) is 2.49. The fourth-order valence-electron chi connectivity index (χ4n) is 1.51. The molecular formula is C12H12N4O. The van der Waals surface area contributed by atoms with Crippen LogP contribution in [0.4, 0.5) is 5.82 Å². The predicted octanol–water partition coefficient (Wildman–Crippen LogP) is 1.39. The van der Waals surface area contributed by atoms with Gasteiger partial charge in [-0.05, 0) is 17.7 Å². The van der Waals surface area contributed by atoms with Crippen molar-refractivity contribution in [3.8, 4) is 11.8 Å². The first-order valence-corrected chi connectivity index (χ1v) is 5.09. The minimum Gasteiger partial charge on any atom is -0.497 e. The average molecular weight is 228 g/mol. The number of anilines is 1. The molecule has 0 fully saturated rings. The van der Waals surface area contributed by atoms with Crippen molar-refractivity contribution in [2.45, 2.75) is 6.54 Å². The van der Waals surface area contributed by atoms with Gasteiger partial charge in [0.15, 0.2) is 0 Å². The number of rotatable bonds is 3. The van der Waals surface area contributed by atoms with Crippen LogP contribution >= 0.6 is 0 Å². The zero-order valence-electron chi connectivity index (χ0n) is 9.42. The Kier molecular flexibility index (Phi) is 2.97. The molecule has 86 valence electrons. The molecule has 0 spiro atoms. The number of hydrogen-bond donors (Lipinski definition) is 1. The molecule has 1 heterocycles. The second-order valence-electron chi connectivity index (χ2n) is 3.56. The van der Waals surface area contributed by atoms with Gasteiger partial charge >= 0.3 is 0 Å². The molecule has 5 nitrogen and oxygen atoms in total. The third-order valence-corrected chi connectivity index (χ3v) is 2.49. The van der Waals surface area contributed by atoms with Crippen LogP contribution in [0.15, 0.2) is 30.5 Å². The lowest BCUT2D eigenvalue weighted by atomic mass is 10.2. The molecule has 0 atom stereocenters. The van der Waals surface area contributed by atoms with Crippen molar-refractivity contribution in [2.24, 2.45) is 0 Å². The number of aromatic nitrogens is 2. The molecule has 0 aliphatic heterocycles. The maximum Gasteiger partial charge on any atom is 0.140 e. The molecule has 5 heteroatoms. The lowest BCUT2D eigenvalue weighted by molar-refractivity contribution is 0.414. The average Bonchev–Trinajstić information content (AvgIpc) is 2.71. The van der Waals surface area contributed by atoms with Crippen LogP contribution in [0.25, 0.3) is 0 Å². The smallest absolute Gasteiger partial charge is 0.140 e. The van der Waals surface area contributed by atoms with Gasteiger partial charge in [0.2, 0.25) is 0 Å². The molecule has 1 aromatic carbocycles. The highest BCUT2D eigenvalue weighted by molar-refractivity contribution is 5.47. The predicted molar refractivity (Wildman–Crippen MR) is 63.5 cm³/mol. The van der Waals surface area contributed by atoms with E-state index in [1.807, 2.05) is 30.3 Å². The Morgan fingerprint density at radius 1 is 1.41 bits per heavy atom. The van der Waals surface area contributed by atoms with Crippen molar-refractivity contribution >= 4 is 5.82 Å². The number of ether oxygens (including phenoxy) is 1. The molecule has 2 N–H and O–H groups in total. The number of hydrogen-bond acceptors (Lipinski definition) is 4. The van der Waals surface area contributed by atoms with E-state index < -0.39 is 0 Å². The lowest BCUT2D eigenvalue weighted by Gasteiger charge is -2.05. The van der Waals surface area contributed by atoms with E-state index in [4.69, 9.17) is 15.7 Å². The number of nitrogens with two attached hydrogens (primary N) is 1. The van der Waals surface area contributed by atoms with Gasteiger partial charge in [-0.2, -0.15) is 10.4 Å². The summed E-state index contributed by atoms with van der Waals surface area (Å²) in [5.74, 6) is 1.20. The molecule has 0 aliphatic rings. The topological polar surface area (TPSA) is 76.9 Å². The molecule has 0 saturated carbocycles. The first kappa shape index (κ1) is 11.0. The Labute approximate surface area is 99.0 Å². The van der Waals surface area contributed by atoms with Crippen LogP contribution in [0.5, 0.6) is 5.75 Å². The molecule has 17 heavy (non-hydrogen) atoms. The quantitative estimate of drug-likeness (QED) is 0.861. The minimum atomic E-state index is 0.392. The van der Waals surface area contributed by atoms with Gasteiger partial charge in [0, 0.05) is 0 Å². The molecule has 0 radical (unpaired) electrons. The van der Waals surface area contributed by atoms with Gasteiger partial charge in [-0.15, -0.1) is 0 Å². The van der Waals surface area contributed by atoms with E-state index in [0.717, 1.165) is 11.3 Å². The van der Waals surface area contributed by atoms with Crippen LogP contribution in [-0.2, 0) is 6.54 Å². The summed E-state index contributed by atoms with van der Waals surface area (Å²) in [7, 11) is 1.62. The van der Waals surface area contributed by atoms with Crippen molar-refractivity contribution in [3.63, 3.8) is 0 Å². The lowest BCUT2D eigenvalue weighted by Crippen LogP contribution is -2.06. The monoisotopic (exact) mass is 228 g/mol. The van der Waals surface area contributed by atoms with Crippen LogP contribution in [-0.4, -0.2) is 16.9 Å². The van der Waals surface area contributed by atoms with Crippen LogP contribution in [0.1, 0.15) is 11.1 Å². The second-order valence-corrected chi connectivity index (χ2v) is 3.56. The summed E-state index contributed by atoms with van der Waals surface area (Å²) in [4.78, 5) is 0. The van der Waals surface area contributed by atoms with Crippen molar-refractivity contribution in [1.29, 1.82) is 5.26 Å². The highest BCUT2D eigenvalue weighted by Gasteiger charge is 2.06. The minimum absolute atomic E-state index is 0.392. The van der Waals surface area contributed by atoms with Crippen molar-refractivity contribution in [1.82, 2.24) is 9.78 Å². The molecule has 1 aromatic heterocycles. The van der Waals surface area contributed by atoms with E-state index in [2.05, 4.69) is 5.10 Å². The number of nitrogen functional groups attached to an aromatic ring is 1. The summed E-state index contributed by atoms with van der Waals surface area (Å²) in [5.41, 5.74) is 7.22. The first-order valence-electron chi connectivity index (χ1n) is 5.09. The van der Waals surface area contributed by atoms with Gasteiger partial charge < -0.3 is 10.5 Å². The summed E-state index contributed by atoms with van der Waals surface area (Å²) in [6, 6.07) is 9.61. The summed E-state index contributed by atoms with van der Waals surface area (Å²) in [6.07, 6.45) is 1.47. The molecule has 2 rings (SSSR count). The highest BCUT2D eigenvalue weighted by atomic mass is 16.5. The van der Waals surface area contributed by atoms with Crippen molar-refractivity contribution < 1.29 is 4.74 Å². The van der Waals surface area contributed by atoms with E-state index >= 15 is 0 Å². The zero-order valence-corrected chi connectivity index (χ0v) is 9.42. The molecule has 0 saturated heterocycles. The Hall–Kier alpha value is -2.48. The van der Waals surface area contributed by atoms with E-state index in [9.17, 15) is 0 Å². The van der Waals surface area contributed by atoms with Crippen LogP contribution in [0, 0.1) is 11.3 Å². The second kappa shape index (κ2) is 4.58. The number of nitriles is 1. The maximum atomic E-state index is 8.77. The van der Waals surface area contributed by atoms with Gasteiger partial charge in [-0.25, -0.2) is 4.68 Å². The normalized spacial score (nSPS) is 9.88. The van der Waals surface area contributed by atoms with Crippen LogP contribution in [0.2, 0.25) is 0 Å². The standard InChI is InChI=1S/C12H12N4O/c1-17-11-4-2-9(3-5-11)8-16-12(14)10(6-13)7-15-16/h2-5,7H,8,14H2,1H3. The van der Waals surface area contributed by atoms with E-state index in [1.165, 1.54) is 6.20 Å². The Morgan fingerprint density at radius 3 is 2.65 bits per heavy atom. The zero-order chi connectivity index (χ0) is 12.3. The third kappa shape index (κ3) is 2.21. The highest BCUT2D eigenvalue weighted by Crippen LogP contribution is 2.15. The Morgan fingerprint density at radius 2 is 2.12 bits per heavy atom. The summed E-state index contributed by atoms with van der Waals surface area (Å²) in [5, 5.41) is 12.8. The van der Waals surface area contributed by atoms with Crippen LogP contribution in [0.3, 0.4) is 0 Å². The number of benzene rings is 1. The van der Waals surface area contributed by atoms with E-state index in [0.29, 0.717) is 17.9 Å². The van der Waals surface area contributed by atoms with Gasteiger partial charge in [-0.1, -0.05) is 12.1 Å². The summed E-state index contributed by atoms with van der Waals surface area (Å²) in [6.45, 7) is 0.539. The number of nitrogens with zero attached hydrogens (tertiary/aromatic N) is 3. The van der Waals surface area contributed by atoms with Crippen molar-refractivity contribution in [3.05, 3.63) is 41.6 Å². The fraction of sp³-hybridized carbons (Fsp3) is 0.167. The fourth-order valence-corrected chi connectivity index (χ4v) is 1.51. The number of methoxy groups -OCH3 is 1. The largest absolute Gasteiger partial charge is 0.497 e. The van der Waals surface area contributed by atoms with Gasteiger partial charge in [-0.3, -0.25) is 0 Å². The molecule has 0 aliphatic carbocycles. The Balaban J connectivity index is 2.20. The maximum absolute atomic E-state index is 8.77.